The molecule has 0 fully saturated rings. The summed E-state index contributed by atoms with van der Waals surface area (Å²) in [7, 11) is 0. The Hall–Kier alpha value is -1.82. The van der Waals surface area contributed by atoms with Crippen molar-refractivity contribution in [2.45, 2.75) is 40.0 Å². The molecule has 0 amide bonds. The third kappa shape index (κ3) is 5.23. The highest BCUT2D eigenvalue weighted by atomic mass is 14.2. The molecule has 0 atom stereocenters. The van der Waals surface area contributed by atoms with Crippen molar-refractivity contribution >= 4 is 0 Å². The van der Waals surface area contributed by atoms with Crippen LogP contribution in [0.1, 0.15) is 37.5 Å². The minimum absolute atomic E-state index is 0.197. The average molecular weight is 278 g/mol. The van der Waals surface area contributed by atoms with Crippen LogP contribution in [0.2, 0.25) is 0 Å². The first kappa shape index (κ1) is 15.6. The number of allylic oxidation sites excluding steroid dienone is 2. The highest BCUT2D eigenvalue weighted by molar-refractivity contribution is 5.24. The van der Waals surface area contributed by atoms with Gasteiger partial charge in [-0.25, -0.2) is 0 Å². The largest absolute Gasteiger partial charge is 0.0836 e. The molecule has 2 rings (SSSR count). The van der Waals surface area contributed by atoms with Crippen LogP contribution in [0.5, 0.6) is 0 Å². The van der Waals surface area contributed by atoms with Crippen molar-refractivity contribution in [2.75, 3.05) is 0 Å². The molecule has 21 heavy (non-hydrogen) atoms. The molecule has 0 unspecified atom stereocenters. The lowest BCUT2D eigenvalue weighted by atomic mass is 9.85. The Morgan fingerprint density at radius 2 is 1.43 bits per heavy atom. The van der Waals surface area contributed by atoms with Gasteiger partial charge in [-0.15, -0.1) is 0 Å². The van der Waals surface area contributed by atoms with Crippen molar-refractivity contribution in [1.82, 2.24) is 0 Å². The summed E-state index contributed by atoms with van der Waals surface area (Å²) in [5.41, 5.74) is 4.40. The molecule has 0 saturated heterocycles. The summed E-state index contributed by atoms with van der Waals surface area (Å²) in [5, 5.41) is 0. The first-order chi connectivity index (χ1) is 10.1. The van der Waals surface area contributed by atoms with Crippen molar-refractivity contribution in [3.8, 4) is 0 Å². The molecule has 0 N–H and O–H groups in total. The van der Waals surface area contributed by atoms with E-state index in [-0.39, 0.29) is 5.41 Å². The molecule has 0 heteroatoms. The van der Waals surface area contributed by atoms with Crippen LogP contribution in [0.4, 0.5) is 0 Å². The first-order valence-electron chi connectivity index (χ1n) is 7.88. The summed E-state index contributed by atoms with van der Waals surface area (Å²) in [6.07, 6.45) is 7.87. The summed E-state index contributed by atoms with van der Waals surface area (Å²) in [6, 6.07) is 19.7. The summed E-state index contributed by atoms with van der Waals surface area (Å²) in [6.45, 7) is 6.82. The van der Waals surface area contributed by atoms with Gasteiger partial charge in [0.15, 0.2) is 0 Å². The standard InChI is InChI=1S/C21H26/c1-4-18-12-14-20(15-13-18)17-21(2,3)16-8-11-19-9-6-5-7-10-19/h5-10,12-16H,4,11,17H2,1-3H3/b16-8+. The molecule has 0 nitrogen and oxygen atoms in total. The van der Waals surface area contributed by atoms with E-state index < -0.39 is 0 Å². The molecule has 0 bridgehead atoms. The van der Waals surface area contributed by atoms with Gasteiger partial charge in [0.05, 0.1) is 0 Å². The molecular weight excluding hydrogens is 252 g/mol. The topological polar surface area (TPSA) is 0 Å². The van der Waals surface area contributed by atoms with Gasteiger partial charge in [0.25, 0.3) is 0 Å². The van der Waals surface area contributed by atoms with Crippen molar-refractivity contribution < 1.29 is 0 Å². The van der Waals surface area contributed by atoms with Gasteiger partial charge in [-0.2, -0.15) is 0 Å². The molecule has 2 aromatic carbocycles. The molecule has 0 aliphatic rings. The van der Waals surface area contributed by atoms with E-state index in [1.165, 1.54) is 16.7 Å². The maximum Gasteiger partial charge on any atom is -0.00972 e. The number of benzene rings is 2. The third-order valence-corrected chi connectivity index (χ3v) is 3.86. The molecule has 2 aromatic rings. The maximum absolute atomic E-state index is 2.35. The predicted octanol–water partition coefficient (Wildman–Crippen LogP) is 5.62. The number of rotatable bonds is 6. The quantitative estimate of drug-likeness (QED) is 0.602. The number of hydrogen-bond donors (Lipinski definition) is 0. The molecule has 0 aliphatic carbocycles. The Morgan fingerprint density at radius 1 is 0.810 bits per heavy atom. The monoisotopic (exact) mass is 278 g/mol. The lowest BCUT2D eigenvalue weighted by molar-refractivity contribution is 0.476. The van der Waals surface area contributed by atoms with Gasteiger partial charge in [-0.05, 0) is 41.4 Å². The molecule has 0 heterocycles. The Morgan fingerprint density at radius 3 is 2.05 bits per heavy atom. The molecule has 0 aliphatic heterocycles. The van der Waals surface area contributed by atoms with E-state index in [1.54, 1.807) is 0 Å². The lowest BCUT2D eigenvalue weighted by Gasteiger charge is -2.20. The smallest absolute Gasteiger partial charge is 0.00972 e. The molecule has 0 aromatic heterocycles. The van der Waals surface area contributed by atoms with E-state index in [0.717, 1.165) is 19.3 Å². The highest BCUT2D eigenvalue weighted by Crippen LogP contribution is 2.24. The summed E-state index contributed by atoms with van der Waals surface area (Å²) < 4.78 is 0. The van der Waals surface area contributed by atoms with Crippen LogP contribution in [0.25, 0.3) is 0 Å². The fourth-order valence-electron chi connectivity index (χ4n) is 2.61. The Balaban J connectivity index is 1.94. The van der Waals surface area contributed by atoms with E-state index in [9.17, 15) is 0 Å². The van der Waals surface area contributed by atoms with Gasteiger partial charge >= 0.3 is 0 Å². The highest BCUT2D eigenvalue weighted by Gasteiger charge is 2.14. The Kier molecular flexibility index (Phi) is 5.38. The van der Waals surface area contributed by atoms with E-state index in [1.807, 2.05) is 0 Å². The average Bonchev–Trinajstić information content (AvgIpc) is 2.48. The number of aryl methyl sites for hydroxylation is 1. The fourth-order valence-corrected chi connectivity index (χ4v) is 2.61. The Bertz CT molecular complexity index is 559. The van der Waals surface area contributed by atoms with Crippen molar-refractivity contribution in [3.63, 3.8) is 0 Å². The Labute approximate surface area is 129 Å². The van der Waals surface area contributed by atoms with Gasteiger partial charge in [-0.3, -0.25) is 0 Å². The zero-order valence-electron chi connectivity index (χ0n) is 13.5. The molecule has 0 radical (unpaired) electrons. The minimum Gasteiger partial charge on any atom is -0.0836 e. The van der Waals surface area contributed by atoms with Crippen LogP contribution in [0.3, 0.4) is 0 Å². The SMILES string of the molecule is CCc1ccc(CC(C)(C)/C=C/Cc2ccccc2)cc1. The van der Waals surface area contributed by atoms with E-state index in [4.69, 9.17) is 0 Å². The van der Waals surface area contributed by atoms with Crippen molar-refractivity contribution in [1.29, 1.82) is 0 Å². The van der Waals surface area contributed by atoms with E-state index >= 15 is 0 Å². The number of hydrogen-bond acceptors (Lipinski definition) is 0. The summed E-state index contributed by atoms with van der Waals surface area (Å²) in [4.78, 5) is 0. The molecule has 0 saturated carbocycles. The second-order valence-corrected chi connectivity index (χ2v) is 6.43. The van der Waals surface area contributed by atoms with Gasteiger partial charge < -0.3 is 0 Å². The van der Waals surface area contributed by atoms with Gasteiger partial charge in [0, 0.05) is 0 Å². The minimum atomic E-state index is 0.197. The van der Waals surface area contributed by atoms with Crippen LogP contribution < -0.4 is 0 Å². The van der Waals surface area contributed by atoms with Crippen LogP contribution >= 0.6 is 0 Å². The van der Waals surface area contributed by atoms with E-state index in [2.05, 4.69) is 87.5 Å². The zero-order valence-corrected chi connectivity index (χ0v) is 13.5. The molecular formula is C21H26. The van der Waals surface area contributed by atoms with Crippen molar-refractivity contribution in [2.24, 2.45) is 5.41 Å². The summed E-state index contributed by atoms with van der Waals surface area (Å²) >= 11 is 0. The van der Waals surface area contributed by atoms with Crippen LogP contribution in [-0.2, 0) is 19.3 Å². The summed E-state index contributed by atoms with van der Waals surface area (Å²) in [5.74, 6) is 0. The van der Waals surface area contributed by atoms with Crippen molar-refractivity contribution in [3.05, 3.63) is 83.4 Å². The van der Waals surface area contributed by atoms with Gasteiger partial charge in [0.2, 0.25) is 0 Å². The predicted molar refractivity (Wildman–Crippen MR) is 92.6 cm³/mol. The fraction of sp³-hybridized carbons (Fsp3) is 0.333. The van der Waals surface area contributed by atoms with Crippen LogP contribution in [0, 0.1) is 5.41 Å². The van der Waals surface area contributed by atoms with E-state index in [0.29, 0.717) is 0 Å². The molecule has 110 valence electrons. The van der Waals surface area contributed by atoms with Gasteiger partial charge in [0.1, 0.15) is 0 Å². The second-order valence-electron chi connectivity index (χ2n) is 6.43. The first-order valence-corrected chi connectivity index (χ1v) is 7.88. The normalized spacial score (nSPS) is 12.0. The zero-order chi connectivity index (χ0) is 15.1. The van der Waals surface area contributed by atoms with Crippen LogP contribution in [-0.4, -0.2) is 0 Å². The second kappa shape index (κ2) is 7.26. The molecule has 0 spiro atoms. The third-order valence-electron chi connectivity index (χ3n) is 3.86. The maximum atomic E-state index is 2.35. The van der Waals surface area contributed by atoms with Crippen LogP contribution in [0.15, 0.2) is 66.7 Å². The van der Waals surface area contributed by atoms with Gasteiger partial charge in [-0.1, -0.05) is 87.5 Å². The lowest BCUT2D eigenvalue weighted by Crippen LogP contribution is -2.11.